The fourth-order valence-electron chi connectivity index (χ4n) is 4.75. The molecular weight excluding hydrogens is 427 g/mol. The topological polar surface area (TPSA) is 51.1 Å². The Morgan fingerprint density at radius 3 is 2.29 bits per heavy atom. The van der Waals surface area contributed by atoms with Crippen LogP contribution in [-0.2, 0) is 13.1 Å². The molecule has 176 valence electrons. The zero-order chi connectivity index (χ0) is 23.3. The molecule has 4 aromatic rings. The molecule has 5 nitrogen and oxygen atoms in total. The number of imidazole rings is 1. The maximum absolute atomic E-state index is 13.4. The second-order valence-electron chi connectivity index (χ2n) is 9.06. The molecule has 1 fully saturated rings. The summed E-state index contributed by atoms with van der Waals surface area (Å²) in [6.07, 6.45) is 4.46. The van der Waals surface area contributed by atoms with Crippen LogP contribution in [0.2, 0.25) is 0 Å². The van der Waals surface area contributed by atoms with Gasteiger partial charge in [0.1, 0.15) is 11.6 Å². The van der Waals surface area contributed by atoms with Crippen molar-refractivity contribution in [1.29, 1.82) is 0 Å². The predicted molar refractivity (Wildman–Crippen MR) is 135 cm³/mol. The maximum Gasteiger partial charge on any atom is 0.204 e. The van der Waals surface area contributed by atoms with Gasteiger partial charge in [-0.25, -0.2) is 9.37 Å². The Balaban J connectivity index is 1.21. The normalized spacial score (nSPS) is 18.2. The van der Waals surface area contributed by atoms with E-state index in [0.29, 0.717) is 18.6 Å². The number of ether oxygens (including phenoxy) is 1. The van der Waals surface area contributed by atoms with Gasteiger partial charge in [0, 0.05) is 18.6 Å². The Hall–Kier alpha value is -3.38. The number of benzene rings is 3. The van der Waals surface area contributed by atoms with Crippen LogP contribution in [0.25, 0.3) is 11.0 Å². The van der Waals surface area contributed by atoms with Gasteiger partial charge in [-0.15, -0.1) is 0 Å². The minimum absolute atomic E-state index is 0.213. The van der Waals surface area contributed by atoms with E-state index in [-0.39, 0.29) is 5.82 Å². The van der Waals surface area contributed by atoms with Crippen LogP contribution in [0.15, 0.2) is 72.8 Å². The lowest BCUT2D eigenvalue weighted by Gasteiger charge is -2.30. The molecule has 6 heteroatoms. The predicted octanol–water partition coefficient (Wildman–Crippen LogP) is 5.75. The smallest absolute Gasteiger partial charge is 0.204 e. The number of nitrogens with zero attached hydrogens (tertiary/aromatic N) is 2. The molecule has 3 aromatic carbocycles. The van der Waals surface area contributed by atoms with Gasteiger partial charge in [-0.05, 0) is 73.2 Å². The Kier molecular flexibility index (Phi) is 6.77. The van der Waals surface area contributed by atoms with Crippen molar-refractivity contribution in [3.8, 4) is 5.75 Å². The van der Waals surface area contributed by atoms with Crippen LogP contribution in [0.3, 0.4) is 0 Å². The number of fused-ring (bicyclic) bond motifs is 1. The van der Waals surface area contributed by atoms with Gasteiger partial charge in [-0.2, -0.15) is 0 Å². The fraction of sp³-hybridized carbons (Fsp3) is 0.321. The molecule has 1 aromatic heterocycles. The van der Waals surface area contributed by atoms with Crippen LogP contribution in [0.4, 0.5) is 10.3 Å². The summed E-state index contributed by atoms with van der Waals surface area (Å²) in [5.74, 6) is 1.57. The van der Waals surface area contributed by atoms with Crippen LogP contribution in [-0.4, -0.2) is 28.7 Å². The van der Waals surface area contributed by atoms with Gasteiger partial charge in [0.15, 0.2) is 0 Å². The van der Waals surface area contributed by atoms with E-state index in [1.54, 1.807) is 7.11 Å². The Labute approximate surface area is 200 Å². The van der Waals surface area contributed by atoms with Crippen molar-refractivity contribution >= 4 is 17.0 Å². The Morgan fingerprint density at radius 1 is 0.882 bits per heavy atom. The third-order valence-corrected chi connectivity index (χ3v) is 6.72. The summed E-state index contributed by atoms with van der Waals surface area (Å²) in [7, 11) is 1.69. The summed E-state index contributed by atoms with van der Waals surface area (Å²) >= 11 is 0. The molecule has 0 saturated heterocycles. The summed E-state index contributed by atoms with van der Waals surface area (Å²) in [5, 5.41) is 7.42. The second kappa shape index (κ2) is 10.3. The van der Waals surface area contributed by atoms with Crippen molar-refractivity contribution in [1.82, 2.24) is 14.9 Å². The summed E-state index contributed by atoms with van der Waals surface area (Å²) in [6, 6.07) is 24.1. The summed E-state index contributed by atoms with van der Waals surface area (Å²) < 4.78 is 20.8. The number of methoxy groups -OCH3 is 1. The van der Waals surface area contributed by atoms with E-state index >= 15 is 0 Å². The lowest BCUT2D eigenvalue weighted by atomic mass is 9.91. The van der Waals surface area contributed by atoms with E-state index in [2.05, 4.69) is 33.4 Å². The molecule has 1 saturated carbocycles. The first-order valence-electron chi connectivity index (χ1n) is 12.0. The zero-order valence-electron chi connectivity index (χ0n) is 19.5. The average molecular weight is 459 g/mol. The van der Waals surface area contributed by atoms with Crippen molar-refractivity contribution in [3.05, 3.63) is 89.7 Å². The molecule has 0 amide bonds. The van der Waals surface area contributed by atoms with Gasteiger partial charge in [0.2, 0.25) is 5.95 Å². The van der Waals surface area contributed by atoms with Gasteiger partial charge < -0.3 is 19.9 Å². The van der Waals surface area contributed by atoms with Crippen LogP contribution in [0.1, 0.15) is 36.8 Å². The molecule has 34 heavy (non-hydrogen) atoms. The third kappa shape index (κ3) is 5.23. The third-order valence-electron chi connectivity index (χ3n) is 6.72. The van der Waals surface area contributed by atoms with Crippen molar-refractivity contribution in [2.24, 2.45) is 0 Å². The molecule has 1 aliphatic carbocycles. The molecule has 0 atom stereocenters. The highest BCUT2D eigenvalue weighted by atomic mass is 19.1. The summed E-state index contributed by atoms with van der Waals surface area (Å²) in [5.41, 5.74) is 4.39. The van der Waals surface area contributed by atoms with Crippen molar-refractivity contribution in [2.75, 3.05) is 12.4 Å². The first-order valence-corrected chi connectivity index (χ1v) is 12.0. The summed E-state index contributed by atoms with van der Waals surface area (Å²) in [4.78, 5) is 4.88. The molecule has 0 bridgehead atoms. The Morgan fingerprint density at radius 2 is 1.56 bits per heavy atom. The highest BCUT2D eigenvalue weighted by Crippen LogP contribution is 2.26. The number of para-hydroxylation sites is 2. The lowest BCUT2D eigenvalue weighted by Crippen LogP contribution is -2.37. The van der Waals surface area contributed by atoms with Crippen LogP contribution >= 0.6 is 0 Å². The minimum Gasteiger partial charge on any atom is -0.497 e. The van der Waals surface area contributed by atoms with Gasteiger partial charge >= 0.3 is 0 Å². The molecular formula is C28H31FN4O. The Bertz CT molecular complexity index is 1210. The monoisotopic (exact) mass is 458 g/mol. The fourth-order valence-corrected chi connectivity index (χ4v) is 4.75. The zero-order valence-corrected chi connectivity index (χ0v) is 19.5. The molecule has 0 aliphatic heterocycles. The molecule has 0 spiro atoms. The second-order valence-corrected chi connectivity index (χ2v) is 9.06. The van der Waals surface area contributed by atoms with Gasteiger partial charge in [0.05, 0.1) is 24.7 Å². The number of hydrogen-bond acceptors (Lipinski definition) is 4. The SMILES string of the molecule is COc1ccc(CNC2CCC(Nc3nc4ccccc4n3Cc3ccc(F)cc3)CC2)cc1. The van der Waals surface area contributed by atoms with E-state index in [1.807, 2.05) is 42.5 Å². The summed E-state index contributed by atoms with van der Waals surface area (Å²) in [6.45, 7) is 1.53. The quantitative estimate of drug-likeness (QED) is 0.353. The number of rotatable bonds is 8. The van der Waals surface area contributed by atoms with Crippen molar-refractivity contribution < 1.29 is 9.13 Å². The molecule has 1 aliphatic rings. The maximum atomic E-state index is 13.4. The number of aromatic nitrogens is 2. The standard InChI is InChI=1S/C28H31FN4O/c1-34-25-16-8-20(9-17-25)18-30-23-12-14-24(15-13-23)31-28-32-26-4-2-3-5-27(26)33(28)19-21-6-10-22(29)11-7-21/h2-11,16-17,23-24,30H,12-15,18-19H2,1H3,(H,31,32). The van der Waals surface area contributed by atoms with Crippen LogP contribution in [0.5, 0.6) is 5.75 Å². The minimum atomic E-state index is -0.213. The van der Waals surface area contributed by atoms with Crippen LogP contribution < -0.4 is 15.4 Å². The average Bonchev–Trinajstić information content (AvgIpc) is 3.22. The van der Waals surface area contributed by atoms with Gasteiger partial charge in [-0.1, -0.05) is 36.4 Å². The van der Waals surface area contributed by atoms with E-state index in [1.165, 1.54) is 17.7 Å². The first kappa shape index (κ1) is 22.4. The van der Waals surface area contributed by atoms with E-state index in [0.717, 1.165) is 60.5 Å². The molecule has 5 rings (SSSR count). The number of hydrogen-bond donors (Lipinski definition) is 2. The highest BCUT2D eigenvalue weighted by Gasteiger charge is 2.22. The van der Waals surface area contributed by atoms with E-state index in [4.69, 9.17) is 9.72 Å². The lowest BCUT2D eigenvalue weighted by molar-refractivity contribution is 0.351. The number of halogens is 1. The molecule has 1 heterocycles. The molecule has 0 radical (unpaired) electrons. The highest BCUT2D eigenvalue weighted by molar-refractivity contribution is 5.78. The molecule has 2 N–H and O–H groups in total. The number of anilines is 1. The first-order chi connectivity index (χ1) is 16.7. The largest absolute Gasteiger partial charge is 0.497 e. The number of nitrogens with one attached hydrogen (secondary N) is 2. The van der Waals surface area contributed by atoms with Crippen molar-refractivity contribution in [3.63, 3.8) is 0 Å². The van der Waals surface area contributed by atoms with E-state index < -0.39 is 0 Å². The molecule has 0 unspecified atom stereocenters. The van der Waals surface area contributed by atoms with E-state index in [9.17, 15) is 4.39 Å². The van der Waals surface area contributed by atoms with Crippen molar-refractivity contribution in [2.45, 2.75) is 50.9 Å². The van der Waals surface area contributed by atoms with Crippen LogP contribution in [0, 0.1) is 5.82 Å². The van der Waals surface area contributed by atoms with Gasteiger partial charge in [0.25, 0.3) is 0 Å². The van der Waals surface area contributed by atoms with Gasteiger partial charge in [-0.3, -0.25) is 0 Å².